The Hall–Kier alpha value is -8.72. The number of nitrogens with zero attached hydrogens (tertiary/aromatic N) is 2. The lowest BCUT2D eigenvalue weighted by Gasteiger charge is -2.29. The summed E-state index contributed by atoms with van der Waals surface area (Å²) in [6, 6.07) is 85.0. The molecule has 75 heavy (non-hydrogen) atoms. The van der Waals surface area contributed by atoms with Gasteiger partial charge in [0.2, 0.25) is 0 Å². The fraction of sp³-hybridized carbons (Fsp3) is 0.123. The molecule has 0 fully saturated rings. The van der Waals surface area contributed by atoms with Crippen molar-refractivity contribution < 1.29 is 0 Å². The summed E-state index contributed by atoms with van der Waals surface area (Å²) in [5.41, 5.74) is 27.4. The molecule has 0 heterocycles. The summed E-state index contributed by atoms with van der Waals surface area (Å²) >= 11 is 0. The second-order valence-corrected chi connectivity index (χ2v) is 22.2. The molecule has 0 spiro atoms. The molecule has 2 heteroatoms. The lowest BCUT2D eigenvalue weighted by molar-refractivity contribution is 0.660. The maximum Gasteiger partial charge on any atom is 0.0465 e. The van der Waals surface area contributed by atoms with Crippen molar-refractivity contribution in [3.8, 4) is 33.4 Å². The molecule has 0 radical (unpaired) electrons. The van der Waals surface area contributed by atoms with Crippen molar-refractivity contribution in [2.75, 3.05) is 9.80 Å². The Bertz CT molecular complexity index is 3850. The second kappa shape index (κ2) is 17.7. The second-order valence-electron chi connectivity index (χ2n) is 22.2. The minimum Gasteiger partial charge on any atom is -0.310 e. The van der Waals surface area contributed by atoms with Crippen LogP contribution >= 0.6 is 0 Å². The van der Waals surface area contributed by atoms with Gasteiger partial charge in [0.1, 0.15) is 0 Å². The Morgan fingerprint density at radius 1 is 0.227 bits per heavy atom. The Balaban J connectivity index is 0.721. The largest absolute Gasteiger partial charge is 0.310 e. The van der Waals surface area contributed by atoms with Crippen molar-refractivity contribution in [1.29, 1.82) is 0 Å². The van der Waals surface area contributed by atoms with E-state index in [0.717, 1.165) is 22.7 Å². The first-order valence-corrected chi connectivity index (χ1v) is 26.5. The number of rotatable bonds is 10. The first kappa shape index (κ1) is 46.1. The standard InChI is InChI=1S/C73H60N2/c1-71(2)65-25-17-16-24-59(65)62-41-37-57(47-68(62)71)75(55-22-14-9-15-23-55)58-38-43-64-61-40-35-52(45-67(61)73(5,6)70(64)48-58)33-31-50-28-26-49(27-29-50)30-32-51-34-39-60-63-42-36-56(46-69(63)72(3,4)66(60)44-51)74(53-18-10-7-11-19-53)54-20-12-8-13-21-54/h7-48H,1-6H3/b32-30+,33-31+. The monoisotopic (exact) mass is 964 g/mol. The first-order chi connectivity index (χ1) is 36.4. The van der Waals surface area contributed by atoms with E-state index in [2.05, 4.69) is 306 Å². The fourth-order valence-electron chi connectivity index (χ4n) is 12.5. The van der Waals surface area contributed by atoms with Crippen molar-refractivity contribution in [2.24, 2.45) is 0 Å². The van der Waals surface area contributed by atoms with Gasteiger partial charge in [0, 0.05) is 50.4 Å². The van der Waals surface area contributed by atoms with Gasteiger partial charge in [-0.2, -0.15) is 0 Å². The molecule has 0 amide bonds. The third-order valence-corrected chi connectivity index (χ3v) is 16.6. The van der Waals surface area contributed by atoms with Crippen LogP contribution in [0.3, 0.4) is 0 Å². The molecule has 0 bridgehead atoms. The molecule has 0 saturated carbocycles. The highest BCUT2D eigenvalue weighted by Gasteiger charge is 2.39. The number of hydrogen-bond donors (Lipinski definition) is 0. The summed E-state index contributed by atoms with van der Waals surface area (Å²) in [6.07, 6.45) is 8.98. The molecule has 0 N–H and O–H groups in total. The Morgan fingerprint density at radius 2 is 0.493 bits per heavy atom. The normalized spacial score (nSPS) is 14.7. The molecule has 3 aliphatic rings. The summed E-state index contributed by atoms with van der Waals surface area (Å²) in [5, 5.41) is 0. The van der Waals surface area contributed by atoms with Crippen LogP contribution in [-0.4, -0.2) is 0 Å². The molecular formula is C73H60N2. The number of benzene rings is 10. The molecule has 2 nitrogen and oxygen atoms in total. The summed E-state index contributed by atoms with van der Waals surface area (Å²) in [7, 11) is 0. The third kappa shape index (κ3) is 7.78. The van der Waals surface area contributed by atoms with E-state index in [9.17, 15) is 0 Å². The number of anilines is 6. The van der Waals surface area contributed by atoms with Crippen LogP contribution in [0.1, 0.15) is 97.2 Å². The van der Waals surface area contributed by atoms with Crippen molar-refractivity contribution in [3.63, 3.8) is 0 Å². The van der Waals surface area contributed by atoms with E-state index in [1.165, 1.54) is 100 Å². The highest BCUT2D eigenvalue weighted by molar-refractivity contribution is 5.90. The van der Waals surface area contributed by atoms with Gasteiger partial charge in [0.25, 0.3) is 0 Å². The number of hydrogen-bond acceptors (Lipinski definition) is 2. The zero-order valence-corrected chi connectivity index (χ0v) is 43.6. The van der Waals surface area contributed by atoms with Gasteiger partial charge in [-0.3, -0.25) is 0 Å². The predicted molar refractivity (Wildman–Crippen MR) is 319 cm³/mol. The molecule has 362 valence electrons. The molecule has 0 atom stereocenters. The highest BCUT2D eigenvalue weighted by Crippen LogP contribution is 2.54. The van der Waals surface area contributed by atoms with Gasteiger partial charge >= 0.3 is 0 Å². The van der Waals surface area contributed by atoms with E-state index in [1.807, 2.05) is 0 Å². The zero-order chi connectivity index (χ0) is 51.1. The van der Waals surface area contributed by atoms with Gasteiger partial charge in [-0.1, -0.05) is 224 Å². The van der Waals surface area contributed by atoms with Crippen molar-refractivity contribution in [3.05, 3.63) is 286 Å². The summed E-state index contributed by atoms with van der Waals surface area (Å²) in [6.45, 7) is 14.2. The van der Waals surface area contributed by atoms with Crippen molar-refractivity contribution in [1.82, 2.24) is 0 Å². The summed E-state index contributed by atoms with van der Waals surface area (Å²) in [5.74, 6) is 0. The van der Waals surface area contributed by atoms with Gasteiger partial charge in [-0.15, -0.1) is 0 Å². The van der Waals surface area contributed by atoms with Gasteiger partial charge < -0.3 is 9.80 Å². The van der Waals surface area contributed by atoms with Crippen LogP contribution in [0.4, 0.5) is 34.1 Å². The molecule has 13 rings (SSSR count). The van der Waals surface area contributed by atoms with E-state index >= 15 is 0 Å². The van der Waals surface area contributed by atoms with Gasteiger partial charge in [-0.05, 0) is 162 Å². The molecule has 0 aliphatic heterocycles. The third-order valence-electron chi connectivity index (χ3n) is 16.6. The van der Waals surface area contributed by atoms with Crippen LogP contribution in [0.25, 0.3) is 57.7 Å². The first-order valence-electron chi connectivity index (χ1n) is 26.5. The quantitative estimate of drug-likeness (QED) is 0.126. The lowest BCUT2D eigenvalue weighted by atomic mass is 9.81. The highest BCUT2D eigenvalue weighted by atomic mass is 15.1. The molecule has 3 aliphatic carbocycles. The Labute approximate surface area is 443 Å². The van der Waals surface area contributed by atoms with Gasteiger partial charge in [-0.25, -0.2) is 0 Å². The van der Waals surface area contributed by atoms with Crippen LogP contribution in [0.5, 0.6) is 0 Å². The van der Waals surface area contributed by atoms with E-state index in [1.54, 1.807) is 0 Å². The molecular weight excluding hydrogens is 905 g/mol. The van der Waals surface area contributed by atoms with Crippen molar-refractivity contribution >= 4 is 58.4 Å². The number of para-hydroxylation sites is 3. The van der Waals surface area contributed by atoms with Crippen molar-refractivity contribution in [2.45, 2.75) is 57.8 Å². The molecule has 10 aromatic carbocycles. The van der Waals surface area contributed by atoms with Gasteiger partial charge in [0.15, 0.2) is 0 Å². The smallest absolute Gasteiger partial charge is 0.0465 e. The summed E-state index contributed by atoms with van der Waals surface area (Å²) < 4.78 is 0. The van der Waals surface area contributed by atoms with Gasteiger partial charge in [0.05, 0.1) is 0 Å². The fourth-order valence-corrected chi connectivity index (χ4v) is 12.5. The van der Waals surface area contributed by atoms with E-state index in [0.29, 0.717) is 0 Å². The van der Waals surface area contributed by atoms with Crippen LogP contribution < -0.4 is 9.80 Å². The van der Waals surface area contributed by atoms with Crippen LogP contribution in [-0.2, 0) is 16.2 Å². The van der Waals surface area contributed by atoms with E-state index < -0.39 is 0 Å². The van der Waals surface area contributed by atoms with E-state index in [4.69, 9.17) is 0 Å². The van der Waals surface area contributed by atoms with Crippen LogP contribution in [0.15, 0.2) is 231 Å². The minimum absolute atomic E-state index is 0.0843. The average Bonchev–Trinajstić information content (AvgIpc) is 3.96. The van der Waals surface area contributed by atoms with E-state index in [-0.39, 0.29) is 16.2 Å². The van der Waals surface area contributed by atoms with Crippen LogP contribution in [0.2, 0.25) is 0 Å². The topological polar surface area (TPSA) is 6.48 Å². The maximum atomic E-state index is 2.44. The van der Waals surface area contributed by atoms with Crippen LogP contribution in [0, 0.1) is 0 Å². The SMILES string of the molecule is CC1(C)c2ccccc2-c2ccc(N(c3ccccc3)c3ccc4c(c3)C(C)(C)c3cc(/C=C/c5ccc(/C=C/c6ccc7c(c6)C(C)(C)c6cc(N(c8ccccc8)c8ccccc8)ccc6-7)cc5)ccc3-4)cc21. The minimum atomic E-state index is -0.183. The summed E-state index contributed by atoms with van der Waals surface area (Å²) in [4.78, 5) is 4.79. The maximum absolute atomic E-state index is 2.44. The molecule has 10 aromatic rings. The lowest BCUT2D eigenvalue weighted by Crippen LogP contribution is -2.18. The predicted octanol–water partition coefficient (Wildman–Crippen LogP) is 19.9. The molecule has 0 aromatic heterocycles. The Morgan fingerprint density at radius 3 is 0.880 bits per heavy atom. The number of fused-ring (bicyclic) bond motifs is 9. The zero-order valence-electron chi connectivity index (χ0n) is 43.6. The molecule has 0 unspecified atom stereocenters. The molecule has 0 saturated heterocycles. The average molecular weight is 965 g/mol. The Kier molecular flexibility index (Phi) is 10.9.